The fourth-order valence-electron chi connectivity index (χ4n) is 1.35. The van der Waals surface area contributed by atoms with Crippen molar-refractivity contribution in [3.05, 3.63) is 57.8 Å². The van der Waals surface area contributed by atoms with Gasteiger partial charge < -0.3 is 4.74 Å². The number of halogens is 2. The van der Waals surface area contributed by atoms with E-state index in [1.165, 1.54) is 24.5 Å². The highest BCUT2D eigenvalue weighted by Crippen LogP contribution is 2.19. The maximum Gasteiger partial charge on any atom is 0.358 e. The molecule has 1 heterocycles. The van der Waals surface area contributed by atoms with Crippen molar-refractivity contribution >= 4 is 21.9 Å². The Bertz CT molecular complexity index is 602. The fourth-order valence-corrected chi connectivity index (χ4v) is 1.82. The van der Waals surface area contributed by atoms with E-state index in [0.29, 0.717) is 10.0 Å². The lowest BCUT2D eigenvalue weighted by Crippen LogP contribution is -2.08. The normalized spacial score (nSPS) is 10.3. The zero-order valence-corrected chi connectivity index (χ0v) is 11.6. The number of nitrogens with zero attached hydrogens (tertiary/aromatic N) is 2. The van der Waals surface area contributed by atoms with Crippen LogP contribution in [0.25, 0.3) is 0 Å². The molecule has 19 heavy (non-hydrogen) atoms. The van der Waals surface area contributed by atoms with Crippen LogP contribution in [0.15, 0.2) is 35.1 Å². The highest BCUT2D eigenvalue weighted by Gasteiger charge is 2.10. The number of aryl methyl sites for hydroxylation is 1. The largest absolute Gasteiger partial charge is 0.456 e. The van der Waals surface area contributed by atoms with Crippen LogP contribution in [-0.4, -0.2) is 15.9 Å². The molecule has 0 aliphatic heterocycles. The molecule has 2 rings (SSSR count). The van der Waals surface area contributed by atoms with Gasteiger partial charge in [0, 0.05) is 16.2 Å². The number of hydrogen-bond donors (Lipinski definition) is 0. The van der Waals surface area contributed by atoms with Gasteiger partial charge in [0.05, 0.1) is 11.9 Å². The first-order chi connectivity index (χ1) is 9.06. The van der Waals surface area contributed by atoms with Crippen LogP contribution in [0.1, 0.15) is 21.7 Å². The molecule has 0 spiro atoms. The van der Waals surface area contributed by atoms with Gasteiger partial charge in [-0.05, 0) is 19.1 Å². The third kappa shape index (κ3) is 3.57. The third-order valence-electron chi connectivity index (χ3n) is 2.36. The molecule has 0 aliphatic rings. The van der Waals surface area contributed by atoms with Crippen LogP contribution in [-0.2, 0) is 11.3 Å². The smallest absolute Gasteiger partial charge is 0.358 e. The molecule has 0 unspecified atom stereocenters. The summed E-state index contributed by atoms with van der Waals surface area (Å²) in [4.78, 5) is 19.6. The fraction of sp³-hybridized carbons (Fsp3) is 0.154. The van der Waals surface area contributed by atoms with Crippen LogP contribution in [0.3, 0.4) is 0 Å². The van der Waals surface area contributed by atoms with Gasteiger partial charge in [-0.15, -0.1) is 0 Å². The summed E-state index contributed by atoms with van der Waals surface area (Å²) in [6.07, 6.45) is 2.85. The molecule has 0 saturated carbocycles. The first-order valence-corrected chi connectivity index (χ1v) is 6.25. The van der Waals surface area contributed by atoms with Crippen LogP contribution in [0.5, 0.6) is 0 Å². The minimum Gasteiger partial charge on any atom is -0.456 e. The van der Waals surface area contributed by atoms with Crippen molar-refractivity contribution in [2.75, 3.05) is 0 Å². The summed E-state index contributed by atoms with van der Waals surface area (Å²) < 4.78 is 18.5. The molecule has 0 atom stereocenters. The first-order valence-electron chi connectivity index (χ1n) is 5.46. The Morgan fingerprint density at radius 3 is 2.79 bits per heavy atom. The molecular formula is C13H10BrFN2O2. The van der Waals surface area contributed by atoms with Gasteiger partial charge in [0.1, 0.15) is 12.4 Å². The van der Waals surface area contributed by atoms with Crippen molar-refractivity contribution in [3.63, 3.8) is 0 Å². The van der Waals surface area contributed by atoms with E-state index in [0.717, 1.165) is 5.69 Å². The van der Waals surface area contributed by atoms with E-state index < -0.39 is 5.97 Å². The number of rotatable bonds is 3. The van der Waals surface area contributed by atoms with Gasteiger partial charge in [-0.3, -0.25) is 4.98 Å². The van der Waals surface area contributed by atoms with Crippen LogP contribution in [0.2, 0.25) is 0 Å². The molecule has 2 aromatic rings. The number of ether oxygens (including phenoxy) is 1. The standard InChI is InChI=1S/C13H10BrFN2O2/c1-8-5-17-12(6-16-8)13(18)19-7-9-2-3-10(15)4-11(9)14/h2-6H,7H2,1H3. The molecule has 6 heteroatoms. The highest BCUT2D eigenvalue weighted by atomic mass is 79.9. The van der Waals surface area contributed by atoms with Crippen molar-refractivity contribution in [2.24, 2.45) is 0 Å². The lowest BCUT2D eigenvalue weighted by Gasteiger charge is -2.06. The molecule has 1 aromatic carbocycles. The predicted molar refractivity (Wildman–Crippen MR) is 70.0 cm³/mol. The van der Waals surface area contributed by atoms with Crippen molar-refractivity contribution in [2.45, 2.75) is 13.5 Å². The van der Waals surface area contributed by atoms with Crippen LogP contribution < -0.4 is 0 Å². The zero-order chi connectivity index (χ0) is 13.8. The molecule has 0 aliphatic carbocycles. The Morgan fingerprint density at radius 2 is 2.16 bits per heavy atom. The second-order valence-corrected chi connectivity index (χ2v) is 4.71. The Hall–Kier alpha value is -1.82. The number of aromatic nitrogens is 2. The second kappa shape index (κ2) is 5.88. The number of carbonyl (C=O) groups excluding carboxylic acids is 1. The van der Waals surface area contributed by atoms with Crippen LogP contribution >= 0.6 is 15.9 Å². The first kappa shape index (κ1) is 13.6. The number of esters is 1. The van der Waals surface area contributed by atoms with E-state index in [1.54, 1.807) is 13.0 Å². The summed E-state index contributed by atoms with van der Waals surface area (Å²) in [6.45, 7) is 1.81. The lowest BCUT2D eigenvalue weighted by atomic mass is 10.2. The van der Waals surface area contributed by atoms with Crippen molar-refractivity contribution < 1.29 is 13.9 Å². The van der Waals surface area contributed by atoms with E-state index in [9.17, 15) is 9.18 Å². The monoisotopic (exact) mass is 324 g/mol. The third-order valence-corrected chi connectivity index (χ3v) is 3.10. The quantitative estimate of drug-likeness (QED) is 0.814. The molecule has 0 N–H and O–H groups in total. The van der Waals surface area contributed by atoms with Crippen molar-refractivity contribution in [1.82, 2.24) is 9.97 Å². The van der Waals surface area contributed by atoms with Gasteiger partial charge in [0.2, 0.25) is 0 Å². The molecule has 0 bridgehead atoms. The zero-order valence-electron chi connectivity index (χ0n) is 10.1. The second-order valence-electron chi connectivity index (χ2n) is 3.85. The summed E-state index contributed by atoms with van der Waals surface area (Å²) >= 11 is 3.20. The average molecular weight is 325 g/mol. The summed E-state index contributed by atoms with van der Waals surface area (Å²) in [5, 5.41) is 0. The minimum atomic E-state index is -0.566. The Morgan fingerprint density at radius 1 is 1.37 bits per heavy atom. The number of hydrogen-bond acceptors (Lipinski definition) is 4. The van der Waals surface area contributed by atoms with E-state index in [1.807, 2.05) is 0 Å². The molecule has 0 radical (unpaired) electrons. The lowest BCUT2D eigenvalue weighted by molar-refractivity contribution is 0.0464. The van der Waals surface area contributed by atoms with Crippen LogP contribution in [0, 0.1) is 12.7 Å². The SMILES string of the molecule is Cc1cnc(C(=O)OCc2ccc(F)cc2Br)cn1. The Balaban J connectivity index is 2.02. The molecule has 0 fully saturated rings. The molecule has 98 valence electrons. The van der Waals surface area contributed by atoms with Crippen molar-refractivity contribution in [3.8, 4) is 0 Å². The Kier molecular flexibility index (Phi) is 4.21. The summed E-state index contributed by atoms with van der Waals surface area (Å²) in [7, 11) is 0. The summed E-state index contributed by atoms with van der Waals surface area (Å²) in [5.41, 5.74) is 1.54. The number of benzene rings is 1. The minimum absolute atomic E-state index is 0.0370. The van der Waals surface area contributed by atoms with Gasteiger partial charge in [0.15, 0.2) is 5.69 Å². The van der Waals surface area contributed by atoms with Gasteiger partial charge in [-0.1, -0.05) is 22.0 Å². The average Bonchev–Trinajstić information content (AvgIpc) is 2.38. The van der Waals surface area contributed by atoms with Gasteiger partial charge in [0.25, 0.3) is 0 Å². The van der Waals surface area contributed by atoms with Gasteiger partial charge in [-0.25, -0.2) is 14.2 Å². The molecular weight excluding hydrogens is 315 g/mol. The van der Waals surface area contributed by atoms with E-state index in [2.05, 4.69) is 25.9 Å². The summed E-state index contributed by atoms with van der Waals surface area (Å²) in [5.74, 6) is -0.921. The highest BCUT2D eigenvalue weighted by molar-refractivity contribution is 9.10. The Labute approximate surface area is 117 Å². The van der Waals surface area contributed by atoms with Gasteiger partial charge in [-0.2, -0.15) is 0 Å². The maximum absolute atomic E-state index is 12.9. The van der Waals surface area contributed by atoms with E-state index in [4.69, 9.17) is 4.74 Å². The molecule has 1 aromatic heterocycles. The predicted octanol–water partition coefficient (Wildman–Crippen LogP) is 3.04. The van der Waals surface area contributed by atoms with E-state index >= 15 is 0 Å². The van der Waals surface area contributed by atoms with Crippen LogP contribution in [0.4, 0.5) is 4.39 Å². The molecule has 4 nitrogen and oxygen atoms in total. The summed E-state index contributed by atoms with van der Waals surface area (Å²) in [6, 6.07) is 4.17. The topological polar surface area (TPSA) is 52.1 Å². The maximum atomic E-state index is 12.9. The van der Waals surface area contributed by atoms with Gasteiger partial charge >= 0.3 is 5.97 Å². The van der Waals surface area contributed by atoms with E-state index in [-0.39, 0.29) is 18.1 Å². The molecule has 0 saturated heterocycles. The molecule has 0 amide bonds. The van der Waals surface area contributed by atoms with Crippen molar-refractivity contribution in [1.29, 1.82) is 0 Å². The number of carbonyl (C=O) groups is 1.